The number of ether oxygens (including phenoxy) is 1. The molecule has 0 spiro atoms. The highest BCUT2D eigenvalue weighted by Crippen LogP contribution is 2.26. The molecule has 0 radical (unpaired) electrons. The first-order valence-electron chi connectivity index (χ1n) is 8.86. The number of benzene rings is 1. The Morgan fingerprint density at radius 3 is 2.42 bits per heavy atom. The number of amides is 3. The van der Waals surface area contributed by atoms with Gasteiger partial charge in [0.25, 0.3) is 0 Å². The van der Waals surface area contributed by atoms with Crippen molar-refractivity contribution in [3.8, 4) is 0 Å². The largest absolute Gasteiger partial charge is 0.378 e. The van der Waals surface area contributed by atoms with Crippen molar-refractivity contribution in [3.63, 3.8) is 0 Å². The Morgan fingerprint density at radius 1 is 1.04 bits per heavy atom. The fourth-order valence-corrected chi connectivity index (χ4v) is 3.18. The average Bonchev–Trinajstić information content (AvgIpc) is 2.69. The minimum Gasteiger partial charge on any atom is -0.378 e. The number of hydrogen-bond acceptors (Lipinski definition) is 5. The van der Waals surface area contributed by atoms with E-state index in [1.54, 1.807) is 9.80 Å². The van der Waals surface area contributed by atoms with Crippen LogP contribution >= 0.6 is 0 Å². The highest BCUT2D eigenvalue weighted by molar-refractivity contribution is 6.05. The first-order chi connectivity index (χ1) is 12.7. The first kappa shape index (κ1) is 18.2. The zero-order chi connectivity index (χ0) is 18.4. The van der Waals surface area contributed by atoms with E-state index in [0.717, 1.165) is 25.2 Å². The molecule has 2 aliphatic rings. The second-order valence-corrected chi connectivity index (χ2v) is 6.36. The Labute approximate surface area is 152 Å². The van der Waals surface area contributed by atoms with Gasteiger partial charge in [0.15, 0.2) is 0 Å². The van der Waals surface area contributed by atoms with Crippen molar-refractivity contribution in [3.05, 3.63) is 24.3 Å². The summed E-state index contributed by atoms with van der Waals surface area (Å²) in [6, 6.07) is 7.59. The van der Waals surface area contributed by atoms with Gasteiger partial charge in [0.2, 0.25) is 18.2 Å². The molecule has 1 aromatic carbocycles. The number of carbonyl (C=O) groups excluding carboxylic acids is 3. The molecule has 3 rings (SSSR count). The summed E-state index contributed by atoms with van der Waals surface area (Å²) in [5, 5.41) is 2.86. The summed E-state index contributed by atoms with van der Waals surface area (Å²) in [4.78, 5) is 40.8. The van der Waals surface area contributed by atoms with Gasteiger partial charge in [-0.15, -0.1) is 0 Å². The molecule has 0 aliphatic carbocycles. The number of piperazine rings is 1. The molecule has 8 heteroatoms. The number of carbonyl (C=O) groups is 3. The summed E-state index contributed by atoms with van der Waals surface area (Å²) in [7, 11) is 0. The van der Waals surface area contributed by atoms with Gasteiger partial charge in [-0.2, -0.15) is 0 Å². The van der Waals surface area contributed by atoms with Gasteiger partial charge >= 0.3 is 0 Å². The highest BCUT2D eigenvalue weighted by atomic mass is 16.5. The summed E-state index contributed by atoms with van der Waals surface area (Å²) >= 11 is 0. The Kier molecular flexibility index (Phi) is 6.06. The topological polar surface area (TPSA) is 82.2 Å². The Balaban J connectivity index is 1.56. The molecule has 0 bridgehead atoms. The van der Waals surface area contributed by atoms with Crippen molar-refractivity contribution in [2.24, 2.45) is 0 Å². The van der Waals surface area contributed by atoms with Crippen LogP contribution in [0.3, 0.4) is 0 Å². The molecule has 2 saturated heterocycles. The van der Waals surface area contributed by atoms with Crippen molar-refractivity contribution in [1.29, 1.82) is 0 Å². The van der Waals surface area contributed by atoms with Gasteiger partial charge in [0.1, 0.15) is 6.42 Å². The molecule has 2 fully saturated rings. The molecule has 8 nitrogen and oxygen atoms in total. The first-order valence-corrected chi connectivity index (χ1v) is 8.86. The lowest BCUT2D eigenvalue weighted by atomic mass is 10.2. The van der Waals surface area contributed by atoms with E-state index >= 15 is 0 Å². The summed E-state index contributed by atoms with van der Waals surface area (Å²) < 4.78 is 5.37. The second kappa shape index (κ2) is 8.66. The molecule has 26 heavy (non-hydrogen) atoms. The van der Waals surface area contributed by atoms with Gasteiger partial charge in [-0.3, -0.25) is 14.4 Å². The van der Waals surface area contributed by atoms with Crippen LogP contribution in [0.5, 0.6) is 0 Å². The van der Waals surface area contributed by atoms with E-state index in [9.17, 15) is 14.4 Å². The smallest absolute Gasteiger partial charge is 0.233 e. The zero-order valence-electron chi connectivity index (χ0n) is 14.7. The maximum atomic E-state index is 12.4. The molecule has 0 aromatic heterocycles. The predicted molar refractivity (Wildman–Crippen MR) is 96.9 cm³/mol. The number of nitrogens with zero attached hydrogens (tertiary/aromatic N) is 3. The summed E-state index contributed by atoms with van der Waals surface area (Å²) in [6.45, 7) is 4.82. The number of rotatable bonds is 5. The van der Waals surface area contributed by atoms with Gasteiger partial charge in [-0.1, -0.05) is 12.1 Å². The van der Waals surface area contributed by atoms with E-state index in [2.05, 4.69) is 10.2 Å². The molecule has 1 aromatic rings. The average molecular weight is 360 g/mol. The van der Waals surface area contributed by atoms with Crippen LogP contribution < -0.4 is 10.2 Å². The highest BCUT2D eigenvalue weighted by Gasteiger charge is 2.23. The van der Waals surface area contributed by atoms with Gasteiger partial charge < -0.3 is 24.8 Å². The van der Waals surface area contributed by atoms with Crippen LogP contribution in [0.15, 0.2) is 24.3 Å². The zero-order valence-corrected chi connectivity index (χ0v) is 14.7. The van der Waals surface area contributed by atoms with Crippen LogP contribution in [0, 0.1) is 0 Å². The lowest BCUT2D eigenvalue weighted by molar-refractivity contribution is -0.137. The predicted octanol–water partition coefficient (Wildman–Crippen LogP) is 0.152. The number of para-hydroxylation sites is 2. The van der Waals surface area contributed by atoms with Crippen molar-refractivity contribution in [1.82, 2.24) is 9.80 Å². The van der Waals surface area contributed by atoms with E-state index in [4.69, 9.17) is 4.74 Å². The minimum atomic E-state index is -0.325. The Hall–Kier alpha value is -2.61. The molecule has 2 heterocycles. The molecule has 2 aliphatic heterocycles. The number of hydrogen-bond donors (Lipinski definition) is 1. The summed E-state index contributed by atoms with van der Waals surface area (Å²) in [5.41, 5.74) is 1.65. The third-order valence-corrected chi connectivity index (χ3v) is 4.66. The maximum Gasteiger partial charge on any atom is 0.233 e. The molecular formula is C18H24N4O4. The van der Waals surface area contributed by atoms with E-state index < -0.39 is 0 Å². The number of nitrogens with one attached hydrogen (secondary N) is 1. The third-order valence-electron chi connectivity index (χ3n) is 4.66. The lowest BCUT2D eigenvalue weighted by Gasteiger charge is -2.32. The van der Waals surface area contributed by atoms with E-state index in [0.29, 0.717) is 45.1 Å². The molecule has 0 atom stereocenters. The molecule has 140 valence electrons. The lowest BCUT2D eigenvalue weighted by Crippen LogP contribution is -2.48. The molecule has 1 N–H and O–H groups in total. The summed E-state index contributed by atoms with van der Waals surface area (Å²) in [5.74, 6) is -0.537. The quantitative estimate of drug-likeness (QED) is 0.597. The van der Waals surface area contributed by atoms with Crippen LogP contribution in [0.1, 0.15) is 6.42 Å². The second-order valence-electron chi connectivity index (χ2n) is 6.36. The normalized spacial score (nSPS) is 17.8. The number of morpholine rings is 1. The molecule has 0 unspecified atom stereocenters. The van der Waals surface area contributed by atoms with Crippen molar-refractivity contribution < 1.29 is 19.1 Å². The van der Waals surface area contributed by atoms with Gasteiger partial charge in [0, 0.05) is 39.3 Å². The fourth-order valence-electron chi connectivity index (χ4n) is 3.18. The third kappa shape index (κ3) is 4.51. The Morgan fingerprint density at radius 2 is 1.73 bits per heavy atom. The van der Waals surface area contributed by atoms with Crippen LogP contribution in [-0.4, -0.2) is 80.5 Å². The van der Waals surface area contributed by atoms with E-state index in [1.807, 2.05) is 24.3 Å². The van der Waals surface area contributed by atoms with Crippen molar-refractivity contribution in [2.45, 2.75) is 6.42 Å². The van der Waals surface area contributed by atoms with Crippen molar-refractivity contribution >= 4 is 29.6 Å². The van der Waals surface area contributed by atoms with Crippen molar-refractivity contribution in [2.75, 3.05) is 62.7 Å². The maximum absolute atomic E-state index is 12.4. The minimum absolute atomic E-state index is 0.196. The summed E-state index contributed by atoms with van der Waals surface area (Å²) in [6.07, 6.45) is 0.593. The SMILES string of the molecule is O=CN1CCN(C(=O)CC(=O)Nc2ccccc2N2CCOCC2)CC1. The van der Waals surface area contributed by atoms with Crippen LogP contribution in [0.25, 0.3) is 0 Å². The van der Waals surface area contributed by atoms with Gasteiger partial charge in [-0.25, -0.2) is 0 Å². The van der Waals surface area contributed by atoms with Crippen LogP contribution in [-0.2, 0) is 19.1 Å². The van der Waals surface area contributed by atoms with Gasteiger partial charge in [-0.05, 0) is 12.1 Å². The van der Waals surface area contributed by atoms with Crippen LogP contribution in [0.2, 0.25) is 0 Å². The molecular weight excluding hydrogens is 336 g/mol. The van der Waals surface area contributed by atoms with Crippen LogP contribution in [0.4, 0.5) is 11.4 Å². The number of anilines is 2. The molecule has 0 saturated carbocycles. The van der Waals surface area contributed by atoms with E-state index in [1.165, 1.54) is 0 Å². The van der Waals surface area contributed by atoms with Gasteiger partial charge in [0.05, 0.1) is 24.6 Å². The Bertz CT molecular complexity index is 652. The fraction of sp³-hybridized carbons (Fsp3) is 0.500. The standard InChI is InChI=1S/C18H24N4O4/c23-14-20-5-7-22(8-6-20)18(25)13-17(24)19-15-3-1-2-4-16(15)21-9-11-26-12-10-21/h1-4,14H,5-13H2,(H,19,24). The monoisotopic (exact) mass is 360 g/mol. The molecule has 3 amide bonds. The van der Waals surface area contributed by atoms with E-state index in [-0.39, 0.29) is 18.2 Å².